The lowest BCUT2D eigenvalue weighted by atomic mass is 10.2. The molecule has 0 atom stereocenters. The fraction of sp³-hybridized carbons (Fsp3) is 0.562. The summed E-state index contributed by atoms with van der Waals surface area (Å²) in [6.45, 7) is 7.67. The number of ether oxygens (including phenoxy) is 2. The van der Waals surface area contributed by atoms with E-state index >= 15 is 0 Å². The summed E-state index contributed by atoms with van der Waals surface area (Å²) in [6, 6.07) is 8.08. The summed E-state index contributed by atoms with van der Waals surface area (Å²) in [5.74, 6) is 0.732. The molecule has 0 amide bonds. The molecule has 1 saturated heterocycles. The second kappa shape index (κ2) is 7.31. The van der Waals surface area contributed by atoms with Gasteiger partial charge in [0.2, 0.25) is 0 Å². The molecule has 116 valence electrons. The van der Waals surface area contributed by atoms with Gasteiger partial charge in [-0.25, -0.2) is 0 Å². The molecule has 0 aliphatic carbocycles. The maximum Gasteiger partial charge on any atom is 0.320 e. The van der Waals surface area contributed by atoms with Crippen LogP contribution in [0.1, 0.15) is 13.8 Å². The van der Waals surface area contributed by atoms with E-state index in [0.29, 0.717) is 6.54 Å². The van der Waals surface area contributed by atoms with Gasteiger partial charge < -0.3 is 14.4 Å². The number of hydrogen-bond acceptors (Lipinski definition) is 5. The Hall–Kier alpha value is -1.75. The Morgan fingerprint density at radius 2 is 1.95 bits per heavy atom. The number of esters is 1. The molecule has 21 heavy (non-hydrogen) atoms. The van der Waals surface area contributed by atoms with E-state index in [9.17, 15) is 4.79 Å². The summed E-state index contributed by atoms with van der Waals surface area (Å²) < 4.78 is 10.4. The minimum Gasteiger partial charge on any atom is -0.497 e. The minimum atomic E-state index is -0.139. The van der Waals surface area contributed by atoms with Gasteiger partial charge in [-0.05, 0) is 26.0 Å². The molecule has 1 aliphatic rings. The Kier molecular flexibility index (Phi) is 5.44. The van der Waals surface area contributed by atoms with Gasteiger partial charge in [-0.3, -0.25) is 9.69 Å². The minimum absolute atomic E-state index is 0.0458. The van der Waals surface area contributed by atoms with Crippen LogP contribution in [0.15, 0.2) is 24.3 Å². The van der Waals surface area contributed by atoms with E-state index < -0.39 is 0 Å². The maximum atomic E-state index is 11.7. The maximum absolute atomic E-state index is 11.7. The van der Waals surface area contributed by atoms with Crippen molar-refractivity contribution in [1.82, 2.24) is 4.90 Å². The molecule has 1 aliphatic heterocycles. The number of hydrogen-bond donors (Lipinski definition) is 0. The van der Waals surface area contributed by atoms with Crippen molar-refractivity contribution in [2.24, 2.45) is 0 Å². The molecule has 0 spiro atoms. The smallest absolute Gasteiger partial charge is 0.320 e. The highest BCUT2D eigenvalue weighted by Crippen LogP contribution is 2.22. The van der Waals surface area contributed by atoms with E-state index in [4.69, 9.17) is 9.47 Å². The first-order chi connectivity index (χ1) is 10.1. The van der Waals surface area contributed by atoms with Gasteiger partial charge in [0.05, 0.1) is 19.8 Å². The topological polar surface area (TPSA) is 42.0 Å². The van der Waals surface area contributed by atoms with Crippen LogP contribution in [-0.4, -0.2) is 56.8 Å². The van der Waals surface area contributed by atoms with Crippen molar-refractivity contribution in [3.8, 4) is 5.75 Å². The number of carbonyl (C=O) groups excluding carboxylic acids is 1. The predicted octanol–water partition coefficient (Wildman–Crippen LogP) is 1.77. The number of benzene rings is 1. The lowest BCUT2D eigenvalue weighted by Gasteiger charge is -2.35. The first kappa shape index (κ1) is 15.6. The van der Waals surface area contributed by atoms with Crippen molar-refractivity contribution in [3.05, 3.63) is 24.3 Å². The van der Waals surface area contributed by atoms with Crippen molar-refractivity contribution in [1.29, 1.82) is 0 Å². The SMILES string of the molecule is COc1cccc(N2CCN(CC(=O)OC(C)C)CC2)c1. The summed E-state index contributed by atoms with van der Waals surface area (Å²) in [4.78, 5) is 16.1. The van der Waals surface area contributed by atoms with Crippen LogP contribution in [0.4, 0.5) is 5.69 Å². The van der Waals surface area contributed by atoms with Crippen LogP contribution in [0.25, 0.3) is 0 Å². The van der Waals surface area contributed by atoms with Gasteiger partial charge in [-0.15, -0.1) is 0 Å². The molecular formula is C16H24N2O3. The molecule has 1 aromatic rings. The Balaban J connectivity index is 1.84. The summed E-state index contributed by atoms with van der Waals surface area (Å²) in [5.41, 5.74) is 1.17. The summed E-state index contributed by atoms with van der Waals surface area (Å²) in [5, 5.41) is 0. The van der Waals surface area contributed by atoms with Crippen LogP contribution >= 0.6 is 0 Å². The van der Waals surface area contributed by atoms with Gasteiger partial charge in [0.15, 0.2) is 0 Å². The number of nitrogens with zero attached hydrogens (tertiary/aromatic N) is 2. The van der Waals surface area contributed by atoms with Crippen LogP contribution in [0.3, 0.4) is 0 Å². The number of methoxy groups -OCH3 is 1. The molecule has 1 fully saturated rings. The highest BCUT2D eigenvalue weighted by atomic mass is 16.5. The van der Waals surface area contributed by atoms with Gasteiger partial charge in [0.1, 0.15) is 5.75 Å². The molecule has 2 rings (SSSR count). The Morgan fingerprint density at radius 3 is 2.57 bits per heavy atom. The number of piperazine rings is 1. The second-order valence-electron chi connectivity index (χ2n) is 5.50. The molecule has 0 aromatic heterocycles. The molecule has 1 heterocycles. The van der Waals surface area contributed by atoms with E-state index in [-0.39, 0.29) is 12.1 Å². The number of anilines is 1. The molecule has 0 saturated carbocycles. The van der Waals surface area contributed by atoms with Gasteiger partial charge in [0, 0.05) is 37.9 Å². The third-order valence-corrected chi connectivity index (χ3v) is 3.51. The van der Waals surface area contributed by atoms with Crippen molar-refractivity contribution in [2.75, 3.05) is 44.7 Å². The average molecular weight is 292 g/mol. The first-order valence-corrected chi connectivity index (χ1v) is 7.39. The normalized spacial score (nSPS) is 16.1. The zero-order valence-electron chi connectivity index (χ0n) is 13.0. The Bertz CT molecular complexity index is 468. The number of carbonyl (C=O) groups is 1. The van der Waals surface area contributed by atoms with E-state index in [1.54, 1.807) is 7.11 Å². The van der Waals surface area contributed by atoms with Gasteiger partial charge in [-0.1, -0.05) is 6.07 Å². The fourth-order valence-corrected chi connectivity index (χ4v) is 2.45. The van der Waals surface area contributed by atoms with Crippen LogP contribution in [-0.2, 0) is 9.53 Å². The second-order valence-corrected chi connectivity index (χ2v) is 5.50. The predicted molar refractivity (Wildman–Crippen MR) is 82.9 cm³/mol. The first-order valence-electron chi connectivity index (χ1n) is 7.39. The molecule has 5 nitrogen and oxygen atoms in total. The summed E-state index contributed by atoms with van der Waals surface area (Å²) in [7, 11) is 1.68. The van der Waals surface area contributed by atoms with E-state index in [1.165, 1.54) is 5.69 Å². The quantitative estimate of drug-likeness (QED) is 0.774. The lowest BCUT2D eigenvalue weighted by molar-refractivity contribution is -0.148. The lowest BCUT2D eigenvalue weighted by Crippen LogP contribution is -2.48. The molecule has 0 radical (unpaired) electrons. The van der Waals surface area contributed by atoms with E-state index in [1.807, 2.05) is 32.0 Å². The van der Waals surface area contributed by atoms with Gasteiger partial charge in [-0.2, -0.15) is 0 Å². The Morgan fingerprint density at radius 1 is 1.24 bits per heavy atom. The number of rotatable bonds is 5. The standard InChI is InChI=1S/C16H24N2O3/c1-13(2)21-16(19)12-17-7-9-18(10-8-17)14-5-4-6-15(11-14)20-3/h4-6,11,13H,7-10,12H2,1-3H3. The zero-order chi connectivity index (χ0) is 15.2. The average Bonchev–Trinajstić information content (AvgIpc) is 2.47. The molecule has 0 N–H and O–H groups in total. The molecular weight excluding hydrogens is 268 g/mol. The third-order valence-electron chi connectivity index (χ3n) is 3.51. The fourth-order valence-electron chi connectivity index (χ4n) is 2.45. The van der Waals surface area contributed by atoms with Gasteiger partial charge in [0.25, 0.3) is 0 Å². The van der Waals surface area contributed by atoms with Crippen LogP contribution < -0.4 is 9.64 Å². The molecule has 0 unspecified atom stereocenters. The largest absolute Gasteiger partial charge is 0.497 e. The Labute approximate surface area is 126 Å². The van der Waals surface area contributed by atoms with Crippen molar-refractivity contribution in [3.63, 3.8) is 0 Å². The molecule has 1 aromatic carbocycles. The molecule has 0 bridgehead atoms. The van der Waals surface area contributed by atoms with Gasteiger partial charge >= 0.3 is 5.97 Å². The summed E-state index contributed by atoms with van der Waals surface area (Å²) >= 11 is 0. The van der Waals surface area contributed by atoms with Crippen molar-refractivity contribution >= 4 is 11.7 Å². The highest BCUT2D eigenvalue weighted by Gasteiger charge is 2.20. The molecule has 5 heteroatoms. The van der Waals surface area contributed by atoms with E-state index in [0.717, 1.165) is 31.9 Å². The van der Waals surface area contributed by atoms with Crippen molar-refractivity contribution in [2.45, 2.75) is 20.0 Å². The zero-order valence-corrected chi connectivity index (χ0v) is 13.0. The van der Waals surface area contributed by atoms with Crippen LogP contribution in [0, 0.1) is 0 Å². The third kappa shape index (κ3) is 4.63. The monoisotopic (exact) mass is 292 g/mol. The summed E-state index contributed by atoms with van der Waals surface area (Å²) in [6.07, 6.45) is -0.0458. The highest BCUT2D eigenvalue weighted by molar-refractivity contribution is 5.71. The van der Waals surface area contributed by atoms with Crippen molar-refractivity contribution < 1.29 is 14.3 Å². The van der Waals surface area contributed by atoms with Crippen LogP contribution in [0.2, 0.25) is 0 Å². The van der Waals surface area contributed by atoms with E-state index in [2.05, 4.69) is 15.9 Å². The van der Waals surface area contributed by atoms with Crippen LogP contribution in [0.5, 0.6) is 5.75 Å².